The van der Waals surface area contributed by atoms with Crippen molar-refractivity contribution in [3.63, 3.8) is 0 Å². The van der Waals surface area contributed by atoms with Crippen molar-refractivity contribution in [2.45, 2.75) is 6.04 Å². The summed E-state index contributed by atoms with van der Waals surface area (Å²) in [5.74, 6) is 0.493. The van der Waals surface area contributed by atoms with Crippen molar-refractivity contribution < 1.29 is 19.4 Å². The fraction of sp³-hybridized carbons (Fsp3) is 0.385. The molecule has 0 spiro atoms. The van der Waals surface area contributed by atoms with Gasteiger partial charge in [0.05, 0.1) is 13.0 Å². The Morgan fingerprint density at radius 3 is 2.90 bits per heavy atom. The van der Waals surface area contributed by atoms with Crippen molar-refractivity contribution in [3.8, 4) is 5.75 Å². The van der Waals surface area contributed by atoms with Gasteiger partial charge in [-0.05, 0) is 12.1 Å². The summed E-state index contributed by atoms with van der Waals surface area (Å²) in [5.41, 5.74) is 0.662. The molecule has 1 saturated heterocycles. The molecule has 20 heavy (non-hydrogen) atoms. The number of carboxylic acids is 1. The number of hydrogen-bond acceptors (Lipinski definition) is 4. The number of anilines is 1. The van der Waals surface area contributed by atoms with Gasteiger partial charge in [0.15, 0.2) is 0 Å². The number of rotatable bonds is 3. The Hall–Kier alpha value is -1.89. The normalized spacial score (nSPS) is 17.9. The average Bonchev–Trinajstić information content (AvgIpc) is 2.95. The van der Waals surface area contributed by atoms with E-state index >= 15 is 0 Å². The van der Waals surface area contributed by atoms with Gasteiger partial charge in [-0.3, -0.25) is 4.90 Å². The molecule has 0 aromatic heterocycles. The third-order valence-electron chi connectivity index (χ3n) is 3.14. The molecule has 1 aromatic rings. The first-order valence-electron chi connectivity index (χ1n) is 6.03. The highest BCUT2D eigenvalue weighted by Gasteiger charge is 2.36. The van der Waals surface area contributed by atoms with Gasteiger partial charge in [-0.15, -0.1) is 11.8 Å². The first kappa shape index (κ1) is 14.5. The van der Waals surface area contributed by atoms with E-state index in [1.54, 1.807) is 38.4 Å². The first-order chi connectivity index (χ1) is 9.54. The maximum absolute atomic E-state index is 12.4. The number of amides is 2. The molecule has 1 aromatic carbocycles. The van der Waals surface area contributed by atoms with Crippen LogP contribution in [0.4, 0.5) is 10.5 Å². The van der Waals surface area contributed by atoms with E-state index in [-0.39, 0.29) is 6.03 Å². The lowest BCUT2D eigenvalue weighted by atomic mass is 10.2. The van der Waals surface area contributed by atoms with E-state index in [0.717, 1.165) is 0 Å². The number of ether oxygens (including phenoxy) is 1. The van der Waals surface area contributed by atoms with Crippen molar-refractivity contribution in [2.75, 3.05) is 30.7 Å². The van der Waals surface area contributed by atoms with Crippen molar-refractivity contribution in [1.29, 1.82) is 0 Å². The average molecular weight is 296 g/mol. The molecule has 0 saturated carbocycles. The monoisotopic (exact) mass is 296 g/mol. The minimum Gasteiger partial charge on any atom is -0.497 e. The lowest BCUT2D eigenvalue weighted by Crippen LogP contribution is -2.47. The molecule has 0 bridgehead atoms. The Balaban J connectivity index is 2.17. The molecular weight excluding hydrogens is 280 g/mol. The van der Waals surface area contributed by atoms with Crippen LogP contribution < -0.4 is 9.64 Å². The van der Waals surface area contributed by atoms with Crippen LogP contribution in [-0.2, 0) is 4.79 Å². The van der Waals surface area contributed by atoms with Gasteiger partial charge in [-0.25, -0.2) is 9.59 Å². The SMILES string of the molecule is COc1cccc(N(C)C(=O)N2CSC[C@H]2C(=O)O)c1. The van der Waals surface area contributed by atoms with Crippen molar-refractivity contribution >= 4 is 29.4 Å². The van der Waals surface area contributed by atoms with Crippen LogP contribution in [0.3, 0.4) is 0 Å². The zero-order valence-electron chi connectivity index (χ0n) is 11.3. The molecule has 1 aliphatic heterocycles. The Labute approximate surface area is 121 Å². The second-order valence-electron chi connectivity index (χ2n) is 4.37. The van der Waals surface area contributed by atoms with Crippen LogP contribution in [0.25, 0.3) is 0 Å². The molecule has 1 aliphatic rings. The Morgan fingerprint density at radius 2 is 2.25 bits per heavy atom. The summed E-state index contributed by atoms with van der Waals surface area (Å²) < 4.78 is 5.12. The van der Waals surface area contributed by atoms with Crippen molar-refractivity contribution in [1.82, 2.24) is 4.90 Å². The third-order valence-corrected chi connectivity index (χ3v) is 4.15. The van der Waals surface area contributed by atoms with E-state index in [1.165, 1.54) is 21.6 Å². The molecule has 1 atom stereocenters. The minimum atomic E-state index is -0.970. The first-order valence-corrected chi connectivity index (χ1v) is 7.19. The molecule has 1 fully saturated rings. The fourth-order valence-electron chi connectivity index (χ4n) is 1.96. The molecular formula is C13H16N2O4S. The highest BCUT2D eigenvalue weighted by Crippen LogP contribution is 2.26. The fourth-order valence-corrected chi connectivity index (χ4v) is 3.10. The van der Waals surface area contributed by atoms with E-state index in [9.17, 15) is 9.59 Å². The number of carboxylic acid groups (broad SMARTS) is 1. The van der Waals surface area contributed by atoms with Gasteiger partial charge in [0.2, 0.25) is 0 Å². The van der Waals surface area contributed by atoms with E-state index in [1.807, 2.05) is 0 Å². The molecule has 2 rings (SSSR count). The zero-order valence-corrected chi connectivity index (χ0v) is 12.1. The number of nitrogens with zero attached hydrogens (tertiary/aromatic N) is 2. The van der Waals surface area contributed by atoms with Gasteiger partial charge in [-0.1, -0.05) is 6.07 Å². The van der Waals surface area contributed by atoms with E-state index < -0.39 is 12.0 Å². The van der Waals surface area contributed by atoms with Crippen LogP contribution in [0, 0.1) is 0 Å². The molecule has 6 nitrogen and oxygen atoms in total. The third kappa shape index (κ3) is 2.82. The smallest absolute Gasteiger partial charge is 0.327 e. The second kappa shape index (κ2) is 6.04. The maximum Gasteiger partial charge on any atom is 0.327 e. The van der Waals surface area contributed by atoms with Gasteiger partial charge in [0, 0.05) is 24.6 Å². The van der Waals surface area contributed by atoms with E-state index in [0.29, 0.717) is 23.1 Å². The lowest BCUT2D eigenvalue weighted by molar-refractivity contribution is -0.140. The topological polar surface area (TPSA) is 70.1 Å². The highest BCUT2D eigenvalue weighted by atomic mass is 32.2. The number of carbonyl (C=O) groups is 2. The molecule has 0 aliphatic carbocycles. The van der Waals surface area contributed by atoms with Crippen molar-refractivity contribution in [3.05, 3.63) is 24.3 Å². The van der Waals surface area contributed by atoms with Crippen molar-refractivity contribution in [2.24, 2.45) is 0 Å². The summed E-state index contributed by atoms with van der Waals surface area (Å²) in [5, 5.41) is 9.12. The molecule has 1 N–H and O–H groups in total. The molecule has 2 amide bonds. The van der Waals surface area contributed by atoms with Gasteiger partial charge < -0.3 is 14.7 Å². The predicted molar refractivity (Wildman–Crippen MR) is 77.4 cm³/mol. The Bertz CT molecular complexity index is 523. The van der Waals surface area contributed by atoms with Gasteiger partial charge in [0.1, 0.15) is 11.8 Å². The largest absolute Gasteiger partial charge is 0.497 e. The molecule has 0 radical (unpaired) electrons. The standard InChI is InChI=1S/C13H16N2O4S/c1-14(9-4-3-5-10(6-9)19-2)13(18)15-8-20-7-11(15)12(16)17/h3-6,11H,7-8H2,1-2H3,(H,16,17)/t11-/m0/s1. The van der Waals surface area contributed by atoms with E-state index in [2.05, 4.69) is 0 Å². The number of carbonyl (C=O) groups excluding carboxylic acids is 1. The van der Waals surface area contributed by atoms with Crippen LogP contribution >= 0.6 is 11.8 Å². The number of urea groups is 1. The molecule has 108 valence electrons. The Morgan fingerprint density at radius 1 is 1.50 bits per heavy atom. The summed E-state index contributed by atoms with van der Waals surface area (Å²) in [6.07, 6.45) is 0. The maximum atomic E-state index is 12.4. The van der Waals surface area contributed by atoms with Crippen LogP contribution in [0.15, 0.2) is 24.3 Å². The molecule has 7 heteroatoms. The zero-order chi connectivity index (χ0) is 14.7. The van der Waals surface area contributed by atoms with E-state index in [4.69, 9.17) is 9.84 Å². The summed E-state index contributed by atoms with van der Waals surface area (Å²) >= 11 is 1.44. The molecule has 1 heterocycles. The number of thioether (sulfide) groups is 1. The highest BCUT2D eigenvalue weighted by molar-refractivity contribution is 7.99. The number of hydrogen-bond donors (Lipinski definition) is 1. The number of methoxy groups -OCH3 is 1. The Kier molecular flexibility index (Phi) is 4.39. The van der Waals surface area contributed by atoms with Gasteiger partial charge >= 0.3 is 12.0 Å². The van der Waals surface area contributed by atoms with Crippen LogP contribution in [0.5, 0.6) is 5.75 Å². The van der Waals surface area contributed by atoms with Crippen LogP contribution in [-0.4, -0.2) is 53.8 Å². The predicted octanol–water partition coefficient (Wildman–Crippen LogP) is 1.71. The second-order valence-corrected chi connectivity index (χ2v) is 5.37. The number of benzene rings is 1. The van der Waals surface area contributed by atoms with Gasteiger partial charge in [-0.2, -0.15) is 0 Å². The quantitative estimate of drug-likeness (QED) is 0.919. The summed E-state index contributed by atoms with van der Waals surface area (Å²) in [6.45, 7) is 0. The summed E-state index contributed by atoms with van der Waals surface area (Å²) in [7, 11) is 3.18. The number of aliphatic carboxylic acids is 1. The molecule has 0 unspecified atom stereocenters. The van der Waals surface area contributed by atoms with Gasteiger partial charge in [0.25, 0.3) is 0 Å². The lowest BCUT2D eigenvalue weighted by Gasteiger charge is -2.27. The minimum absolute atomic E-state index is 0.323. The summed E-state index contributed by atoms with van der Waals surface area (Å²) in [6, 6.07) is 5.99. The summed E-state index contributed by atoms with van der Waals surface area (Å²) in [4.78, 5) is 26.3. The van der Waals surface area contributed by atoms with Crippen LogP contribution in [0.1, 0.15) is 0 Å². The van der Waals surface area contributed by atoms with Crippen LogP contribution in [0.2, 0.25) is 0 Å².